The quantitative estimate of drug-likeness (QED) is 0.828. The van der Waals surface area contributed by atoms with Crippen molar-refractivity contribution in [3.05, 3.63) is 54.6 Å². The first-order valence-electron chi connectivity index (χ1n) is 9.51. The molecule has 2 amide bonds. The number of para-hydroxylation sites is 1. The highest BCUT2D eigenvalue weighted by Crippen LogP contribution is 2.23. The van der Waals surface area contributed by atoms with Gasteiger partial charge in [0.1, 0.15) is 17.5 Å². The molecule has 1 atom stereocenters. The third kappa shape index (κ3) is 4.91. The lowest BCUT2D eigenvalue weighted by molar-refractivity contribution is -0.125. The first-order chi connectivity index (χ1) is 14.2. The average Bonchev–Trinajstić information content (AvgIpc) is 2.76. The smallest absolute Gasteiger partial charge is 0.249 e. The topological polar surface area (TPSA) is 92.3 Å². The fraction of sp³-hybridized carbons (Fsp3) is 0.286. The van der Waals surface area contributed by atoms with E-state index < -0.39 is 6.04 Å². The number of rotatable bonds is 4. The highest BCUT2D eigenvalue weighted by atomic mass is 16.5. The first kappa shape index (κ1) is 18.9. The number of hydrogen-bond donors (Lipinski definition) is 2. The third-order valence-corrected chi connectivity index (χ3v) is 4.62. The minimum atomic E-state index is -0.762. The van der Waals surface area contributed by atoms with E-state index in [1.807, 2.05) is 35.2 Å². The molecule has 2 aromatic rings. The van der Waals surface area contributed by atoms with Crippen molar-refractivity contribution in [2.24, 2.45) is 4.99 Å². The lowest BCUT2D eigenvalue weighted by atomic mass is 10.1. The number of ether oxygens (including phenoxy) is 2. The summed E-state index contributed by atoms with van der Waals surface area (Å²) in [5, 5.41) is 5.57. The van der Waals surface area contributed by atoms with Gasteiger partial charge in [-0.05, 0) is 36.4 Å². The van der Waals surface area contributed by atoms with Gasteiger partial charge in [0.2, 0.25) is 17.8 Å². The number of hydrogen-bond acceptors (Lipinski definition) is 6. The van der Waals surface area contributed by atoms with E-state index in [-0.39, 0.29) is 18.2 Å². The van der Waals surface area contributed by atoms with Crippen molar-refractivity contribution >= 4 is 23.5 Å². The maximum absolute atomic E-state index is 12.6. The summed E-state index contributed by atoms with van der Waals surface area (Å²) in [7, 11) is 0. The lowest BCUT2D eigenvalue weighted by Crippen LogP contribution is -2.53. The van der Waals surface area contributed by atoms with Gasteiger partial charge in [0, 0.05) is 18.8 Å². The molecule has 0 radical (unpaired) electrons. The molecule has 2 heterocycles. The van der Waals surface area contributed by atoms with Crippen LogP contribution in [-0.2, 0) is 14.3 Å². The highest BCUT2D eigenvalue weighted by molar-refractivity contribution is 6.05. The van der Waals surface area contributed by atoms with Crippen LogP contribution in [0, 0.1) is 0 Å². The summed E-state index contributed by atoms with van der Waals surface area (Å²) in [4.78, 5) is 31.1. The van der Waals surface area contributed by atoms with E-state index >= 15 is 0 Å². The number of anilines is 1. The molecule has 2 aromatic carbocycles. The van der Waals surface area contributed by atoms with Crippen LogP contribution in [0.5, 0.6) is 11.5 Å². The second-order valence-electron chi connectivity index (χ2n) is 6.75. The van der Waals surface area contributed by atoms with Crippen LogP contribution in [0.1, 0.15) is 6.42 Å². The van der Waals surface area contributed by atoms with Crippen LogP contribution in [0.4, 0.5) is 5.69 Å². The van der Waals surface area contributed by atoms with Crippen molar-refractivity contribution in [1.82, 2.24) is 10.2 Å². The summed E-state index contributed by atoms with van der Waals surface area (Å²) in [6.07, 6.45) is 0.0227. The molecule has 8 heteroatoms. The van der Waals surface area contributed by atoms with Gasteiger partial charge < -0.3 is 19.7 Å². The summed E-state index contributed by atoms with van der Waals surface area (Å²) in [6.45, 7) is 2.42. The summed E-state index contributed by atoms with van der Waals surface area (Å²) in [6, 6.07) is 15.8. The standard InChI is InChI=1S/C21H22N4O4/c26-19-14-18(23-21(24-19)25-10-12-28-13-11-25)20(27)22-15-6-8-17(9-7-15)29-16-4-2-1-3-5-16/h1-9,18H,10-14H2,(H,22,27)(H,23,24,26)/t18-/m1/s1. The molecule has 4 rings (SSSR count). The second-order valence-corrected chi connectivity index (χ2v) is 6.75. The number of nitrogens with one attached hydrogen (secondary N) is 2. The Kier molecular flexibility index (Phi) is 5.71. The van der Waals surface area contributed by atoms with Gasteiger partial charge in [-0.2, -0.15) is 0 Å². The molecular formula is C21H22N4O4. The van der Waals surface area contributed by atoms with Crippen LogP contribution in [0.2, 0.25) is 0 Å². The fourth-order valence-electron chi connectivity index (χ4n) is 3.12. The maximum atomic E-state index is 12.6. The van der Waals surface area contributed by atoms with Gasteiger partial charge in [-0.1, -0.05) is 18.2 Å². The van der Waals surface area contributed by atoms with Crippen LogP contribution in [0.25, 0.3) is 0 Å². The summed E-state index contributed by atoms with van der Waals surface area (Å²) >= 11 is 0. The Bertz CT molecular complexity index is 893. The Labute approximate surface area is 168 Å². The summed E-state index contributed by atoms with van der Waals surface area (Å²) in [5.41, 5.74) is 0.615. The monoisotopic (exact) mass is 394 g/mol. The molecule has 2 aliphatic rings. The van der Waals surface area contributed by atoms with E-state index in [1.54, 1.807) is 24.3 Å². The molecule has 2 aliphatic heterocycles. The number of morpholine rings is 1. The maximum Gasteiger partial charge on any atom is 0.249 e. The molecule has 150 valence electrons. The largest absolute Gasteiger partial charge is 0.457 e. The lowest BCUT2D eigenvalue weighted by Gasteiger charge is -2.32. The van der Waals surface area contributed by atoms with Gasteiger partial charge in [0.05, 0.1) is 19.6 Å². The Morgan fingerprint density at radius 2 is 1.76 bits per heavy atom. The Morgan fingerprint density at radius 1 is 1.07 bits per heavy atom. The number of guanidine groups is 1. The van der Waals surface area contributed by atoms with Crippen molar-refractivity contribution in [3.8, 4) is 11.5 Å². The van der Waals surface area contributed by atoms with E-state index in [2.05, 4.69) is 15.6 Å². The Balaban J connectivity index is 1.39. The first-order valence-corrected chi connectivity index (χ1v) is 9.51. The minimum Gasteiger partial charge on any atom is -0.457 e. The van der Waals surface area contributed by atoms with Crippen LogP contribution in [-0.4, -0.2) is 55.0 Å². The van der Waals surface area contributed by atoms with Crippen molar-refractivity contribution < 1.29 is 19.1 Å². The number of nitrogens with zero attached hydrogens (tertiary/aromatic N) is 2. The van der Waals surface area contributed by atoms with Gasteiger partial charge in [0.25, 0.3) is 0 Å². The second kappa shape index (κ2) is 8.74. The normalized spacial score (nSPS) is 19.2. The highest BCUT2D eigenvalue weighted by Gasteiger charge is 2.29. The number of carbonyl (C=O) groups is 2. The van der Waals surface area contributed by atoms with Crippen molar-refractivity contribution in [2.75, 3.05) is 31.6 Å². The van der Waals surface area contributed by atoms with Crippen molar-refractivity contribution in [1.29, 1.82) is 0 Å². The van der Waals surface area contributed by atoms with Crippen LogP contribution in [0.15, 0.2) is 59.6 Å². The SMILES string of the molecule is O=C1C[C@H](C(=O)Nc2ccc(Oc3ccccc3)cc2)N=C(N2CCOCC2)N1. The Morgan fingerprint density at radius 3 is 2.48 bits per heavy atom. The predicted molar refractivity (Wildman–Crippen MR) is 108 cm³/mol. The number of benzene rings is 2. The van der Waals surface area contributed by atoms with Crippen molar-refractivity contribution in [2.45, 2.75) is 12.5 Å². The molecule has 8 nitrogen and oxygen atoms in total. The predicted octanol–water partition coefficient (Wildman–Crippen LogP) is 1.99. The van der Waals surface area contributed by atoms with Crippen molar-refractivity contribution in [3.63, 3.8) is 0 Å². The Hall–Kier alpha value is -3.39. The molecule has 1 fully saturated rings. The molecule has 0 bridgehead atoms. The molecule has 0 aliphatic carbocycles. The molecule has 29 heavy (non-hydrogen) atoms. The van der Waals surface area contributed by atoms with Gasteiger partial charge in [-0.25, -0.2) is 4.99 Å². The summed E-state index contributed by atoms with van der Waals surface area (Å²) < 4.78 is 11.1. The van der Waals surface area contributed by atoms with E-state index in [1.165, 1.54) is 0 Å². The average molecular weight is 394 g/mol. The molecular weight excluding hydrogens is 372 g/mol. The zero-order chi connectivity index (χ0) is 20.1. The van der Waals surface area contributed by atoms with Gasteiger partial charge in [0.15, 0.2) is 0 Å². The molecule has 0 unspecified atom stereocenters. The molecule has 0 aromatic heterocycles. The van der Waals surface area contributed by atoms with Gasteiger partial charge in [-0.15, -0.1) is 0 Å². The molecule has 0 saturated carbocycles. The zero-order valence-corrected chi connectivity index (χ0v) is 15.8. The molecule has 2 N–H and O–H groups in total. The number of carbonyl (C=O) groups excluding carboxylic acids is 2. The van der Waals surface area contributed by atoms with E-state index in [4.69, 9.17) is 9.47 Å². The van der Waals surface area contributed by atoms with Crippen LogP contribution in [0.3, 0.4) is 0 Å². The van der Waals surface area contributed by atoms with Gasteiger partial charge in [-0.3, -0.25) is 14.9 Å². The molecule has 0 spiro atoms. The third-order valence-electron chi connectivity index (χ3n) is 4.62. The zero-order valence-electron chi connectivity index (χ0n) is 15.8. The number of amides is 2. The van der Waals surface area contributed by atoms with Crippen LogP contribution < -0.4 is 15.4 Å². The summed E-state index contributed by atoms with van der Waals surface area (Å²) in [5.74, 6) is 1.31. The van der Waals surface area contributed by atoms with E-state index in [9.17, 15) is 9.59 Å². The fourth-order valence-corrected chi connectivity index (χ4v) is 3.12. The molecule has 1 saturated heterocycles. The van der Waals surface area contributed by atoms with E-state index in [0.29, 0.717) is 43.7 Å². The van der Waals surface area contributed by atoms with Crippen LogP contribution >= 0.6 is 0 Å². The van der Waals surface area contributed by atoms with E-state index in [0.717, 1.165) is 5.75 Å². The number of aliphatic imine (C=N–C) groups is 1. The minimum absolute atomic E-state index is 0.0227. The van der Waals surface area contributed by atoms with Gasteiger partial charge >= 0.3 is 0 Å².